The van der Waals surface area contributed by atoms with Crippen LogP contribution in [-0.2, 0) is 0 Å². The predicted molar refractivity (Wildman–Crippen MR) is 95.3 cm³/mol. The highest BCUT2D eigenvalue weighted by atomic mass is 15.3. The molecule has 5 nitrogen and oxygen atoms in total. The largest absolute Gasteiger partial charge is 0.353 e. The van der Waals surface area contributed by atoms with Gasteiger partial charge in [-0.15, -0.1) is 0 Å². The lowest BCUT2D eigenvalue weighted by Gasteiger charge is -2.37. The normalized spacial score (nSPS) is 25.3. The van der Waals surface area contributed by atoms with Crippen molar-refractivity contribution in [3.63, 3.8) is 0 Å². The maximum Gasteiger partial charge on any atom is 0.227 e. The number of hydrogen-bond acceptors (Lipinski definition) is 5. The lowest BCUT2D eigenvalue weighted by atomic mass is 10.1. The molecule has 0 radical (unpaired) electrons. The molecule has 1 N–H and O–H groups in total. The van der Waals surface area contributed by atoms with Crippen LogP contribution < -0.4 is 15.1 Å². The highest BCUT2D eigenvalue weighted by molar-refractivity contribution is 5.90. The molecule has 0 amide bonds. The molecule has 0 bridgehead atoms. The van der Waals surface area contributed by atoms with Crippen LogP contribution in [0.5, 0.6) is 0 Å². The molecular formula is C18H25N5. The van der Waals surface area contributed by atoms with Crippen LogP contribution in [0, 0.1) is 0 Å². The maximum atomic E-state index is 4.99. The van der Waals surface area contributed by atoms with E-state index >= 15 is 0 Å². The van der Waals surface area contributed by atoms with Gasteiger partial charge >= 0.3 is 0 Å². The van der Waals surface area contributed by atoms with E-state index in [9.17, 15) is 0 Å². The molecule has 5 heteroatoms. The number of nitrogens with zero attached hydrogens (tertiary/aromatic N) is 4. The zero-order chi connectivity index (χ0) is 15.8. The summed E-state index contributed by atoms with van der Waals surface area (Å²) >= 11 is 0. The van der Waals surface area contributed by atoms with Crippen molar-refractivity contribution in [3.8, 4) is 0 Å². The van der Waals surface area contributed by atoms with E-state index < -0.39 is 0 Å². The molecule has 0 aliphatic carbocycles. The molecule has 23 heavy (non-hydrogen) atoms. The Morgan fingerprint density at radius 2 is 1.65 bits per heavy atom. The van der Waals surface area contributed by atoms with Gasteiger partial charge in [-0.05, 0) is 38.8 Å². The summed E-state index contributed by atoms with van der Waals surface area (Å²) in [6.45, 7) is 8.62. The van der Waals surface area contributed by atoms with E-state index in [4.69, 9.17) is 9.97 Å². The summed E-state index contributed by atoms with van der Waals surface area (Å²) in [4.78, 5) is 14.6. The van der Waals surface area contributed by atoms with Gasteiger partial charge in [-0.3, -0.25) is 0 Å². The first-order valence-corrected chi connectivity index (χ1v) is 8.73. The Hall–Kier alpha value is -1.88. The quantitative estimate of drug-likeness (QED) is 0.923. The molecule has 2 fully saturated rings. The summed E-state index contributed by atoms with van der Waals surface area (Å²) in [5.41, 5.74) is 1.05. The lowest BCUT2D eigenvalue weighted by molar-refractivity contribution is 0.406. The number of anilines is 2. The third-order valence-electron chi connectivity index (χ3n) is 4.82. The van der Waals surface area contributed by atoms with Crippen LogP contribution in [0.25, 0.3) is 10.9 Å². The van der Waals surface area contributed by atoms with Crippen molar-refractivity contribution in [3.05, 3.63) is 24.3 Å². The average Bonchev–Trinajstić information content (AvgIpc) is 3.07. The van der Waals surface area contributed by atoms with Gasteiger partial charge in [0.15, 0.2) is 0 Å². The SMILES string of the molecule is C[C@@H]1CN(c2nc(N3CCCC3)nc3ccccc23)C[C@H](C)N1. The first kappa shape index (κ1) is 14.7. The number of para-hydroxylation sites is 1. The lowest BCUT2D eigenvalue weighted by Crippen LogP contribution is -2.54. The zero-order valence-corrected chi connectivity index (χ0v) is 14.0. The van der Waals surface area contributed by atoms with Crippen LogP contribution in [0.15, 0.2) is 24.3 Å². The fourth-order valence-electron chi connectivity index (χ4n) is 3.85. The third-order valence-corrected chi connectivity index (χ3v) is 4.82. The van der Waals surface area contributed by atoms with Gasteiger partial charge in [-0.2, -0.15) is 4.98 Å². The molecule has 2 aromatic rings. The average molecular weight is 311 g/mol. The van der Waals surface area contributed by atoms with Crippen molar-refractivity contribution in [1.82, 2.24) is 15.3 Å². The summed E-state index contributed by atoms with van der Waals surface area (Å²) in [6.07, 6.45) is 2.49. The van der Waals surface area contributed by atoms with Crippen molar-refractivity contribution in [1.29, 1.82) is 0 Å². The van der Waals surface area contributed by atoms with Gasteiger partial charge in [0.1, 0.15) is 5.82 Å². The van der Waals surface area contributed by atoms with Gasteiger partial charge in [-0.1, -0.05) is 12.1 Å². The molecule has 3 heterocycles. The van der Waals surface area contributed by atoms with E-state index in [0.717, 1.165) is 48.8 Å². The number of rotatable bonds is 2. The molecule has 0 spiro atoms. The number of aromatic nitrogens is 2. The second kappa shape index (κ2) is 5.96. The number of hydrogen-bond donors (Lipinski definition) is 1. The maximum absolute atomic E-state index is 4.99. The van der Waals surface area contributed by atoms with Crippen LogP contribution in [0.2, 0.25) is 0 Å². The molecule has 1 aromatic heterocycles. The smallest absolute Gasteiger partial charge is 0.227 e. The standard InChI is InChI=1S/C18H25N5/c1-13-11-23(12-14(2)19-13)17-15-7-3-4-8-16(15)20-18(21-17)22-9-5-6-10-22/h3-4,7-8,13-14,19H,5-6,9-12H2,1-2H3/t13-,14+. The van der Waals surface area contributed by atoms with Crippen LogP contribution in [0.4, 0.5) is 11.8 Å². The summed E-state index contributed by atoms with van der Waals surface area (Å²) in [6, 6.07) is 9.35. The van der Waals surface area contributed by atoms with Gasteiger partial charge in [0.05, 0.1) is 5.52 Å². The van der Waals surface area contributed by atoms with Crippen LogP contribution in [-0.4, -0.2) is 48.2 Å². The fraction of sp³-hybridized carbons (Fsp3) is 0.556. The van der Waals surface area contributed by atoms with Gasteiger partial charge in [-0.25, -0.2) is 4.98 Å². The number of fused-ring (bicyclic) bond motifs is 1. The molecule has 1 aromatic carbocycles. The molecule has 2 saturated heterocycles. The Balaban J connectivity index is 1.79. The Bertz CT molecular complexity index is 685. The highest BCUT2D eigenvalue weighted by Crippen LogP contribution is 2.29. The van der Waals surface area contributed by atoms with E-state index in [1.54, 1.807) is 0 Å². The molecule has 4 rings (SSSR count). The summed E-state index contributed by atoms with van der Waals surface area (Å²) < 4.78 is 0. The molecule has 2 aliphatic rings. The predicted octanol–water partition coefficient (Wildman–Crippen LogP) is 2.42. The minimum Gasteiger partial charge on any atom is -0.353 e. The molecule has 0 saturated carbocycles. The van der Waals surface area contributed by atoms with E-state index in [1.807, 2.05) is 0 Å². The Morgan fingerprint density at radius 3 is 2.39 bits per heavy atom. The Morgan fingerprint density at radius 1 is 0.957 bits per heavy atom. The first-order valence-electron chi connectivity index (χ1n) is 8.73. The van der Waals surface area contributed by atoms with Crippen LogP contribution in [0.1, 0.15) is 26.7 Å². The molecule has 122 valence electrons. The first-order chi connectivity index (χ1) is 11.2. The molecule has 2 aliphatic heterocycles. The Labute approximate surface area is 137 Å². The number of benzene rings is 1. The zero-order valence-electron chi connectivity index (χ0n) is 14.0. The van der Waals surface area contributed by atoms with Crippen molar-refractivity contribution >= 4 is 22.7 Å². The second-order valence-electron chi connectivity index (χ2n) is 6.93. The van der Waals surface area contributed by atoms with Crippen LogP contribution >= 0.6 is 0 Å². The second-order valence-corrected chi connectivity index (χ2v) is 6.93. The summed E-state index contributed by atoms with van der Waals surface area (Å²) in [7, 11) is 0. The molecule has 0 unspecified atom stereocenters. The molecular weight excluding hydrogens is 286 g/mol. The van der Waals surface area contributed by atoms with Gasteiger partial charge < -0.3 is 15.1 Å². The summed E-state index contributed by atoms with van der Waals surface area (Å²) in [5, 5.41) is 4.76. The number of nitrogens with one attached hydrogen (secondary N) is 1. The minimum absolute atomic E-state index is 0.475. The van der Waals surface area contributed by atoms with E-state index in [2.05, 4.69) is 53.2 Å². The van der Waals surface area contributed by atoms with Crippen LogP contribution in [0.3, 0.4) is 0 Å². The summed E-state index contributed by atoms with van der Waals surface area (Å²) in [5.74, 6) is 1.99. The van der Waals surface area contributed by atoms with Crippen molar-refractivity contribution < 1.29 is 0 Å². The molecule has 2 atom stereocenters. The topological polar surface area (TPSA) is 44.3 Å². The monoisotopic (exact) mass is 311 g/mol. The van der Waals surface area contributed by atoms with E-state index in [0.29, 0.717) is 12.1 Å². The minimum atomic E-state index is 0.475. The van der Waals surface area contributed by atoms with Gasteiger partial charge in [0.25, 0.3) is 0 Å². The number of piperazine rings is 1. The van der Waals surface area contributed by atoms with Crippen molar-refractivity contribution in [2.24, 2.45) is 0 Å². The van der Waals surface area contributed by atoms with E-state index in [-0.39, 0.29) is 0 Å². The Kier molecular flexibility index (Phi) is 3.81. The fourth-order valence-corrected chi connectivity index (χ4v) is 3.85. The van der Waals surface area contributed by atoms with Crippen molar-refractivity contribution in [2.75, 3.05) is 36.0 Å². The van der Waals surface area contributed by atoms with Gasteiger partial charge in [0, 0.05) is 43.6 Å². The van der Waals surface area contributed by atoms with Gasteiger partial charge in [0.2, 0.25) is 5.95 Å². The highest BCUT2D eigenvalue weighted by Gasteiger charge is 2.25. The third kappa shape index (κ3) is 2.85. The van der Waals surface area contributed by atoms with E-state index in [1.165, 1.54) is 12.8 Å². The van der Waals surface area contributed by atoms with Crippen molar-refractivity contribution in [2.45, 2.75) is 38.8 Å².